The van der Waals surface area contributed by atoms with E-state index in [-0.39, 0.29) is 23.8 Å². The molecule has 2 atom stereocenters. The Balaban J connectivity index is 1.57. The molecule has 26 heavy (non-hydrogen) atoms. The van der Waals surface area contributed by atoms with E-state index in [4.69, 9.17) is 0 Å². The van der Waals surface area contributed by atoms with Crippen LogP contribution in [0.2, 0.25) is 0 Å². The van der Waals surface area contributed by atoms with Gasteiger partial charge >= 0.3 is 0 Å². The van der Waals surface area contributed by atoms with Crippen LogP contribution in [0.15, 0.2) is 30.3 Å². The molecule has 1 aromatic carbocycles. The number of carbonyl (C=O) groups excluding carboxylic acids is 2. The molecule has 2 fully saturated rings. The van der Waals surface area contributed by atoms with E-state index in [1.165, 1.54) is 5.56 Å². The molecule has 5 heteroatoms. The van der Waals surface area contributed by atoms with Gasteiger partial charge in [0, 0.05) is 46.2 Å². The zero-order valence-corrected chi connectivity index (χ0v) is 16.1. The monoisotopic (exact) mass is 357 g/mol. The Kier molecular flexibility index (Phi) is 6.30. The molecule has 0 radical (unpaired) electrons. The number of hydrogen-bond donors (Lipinski definition) is 0. The number of piperidine rings is 2. The maximum atomic E-state index is 13.0. The van der Waals surface area contributed by atoms with Gasteiger partial charge in [-0.25, -0.2) is 0 Å². The summed E-state index contributed by atoms with van der Waals surface area (Å²) in [6.45, 7) is 5.94. The van der Waals surface area contributed by atoms with Gasteiger partial charge in [0.15, 0.2) is 0 Å². The summed E-state index contributed by atoms with van der Waals surface area (Å²) in [7, 11) is 1.95. The fourth-order valence-electron chi connectivity index (χ4n) is 4.27. The number of likely N-dealkylation sites (tertiary alicyclic amines) is 2. The molecule has 2 aliphatic rings. The lowest BCUT2D eigenvalue weighted by molar-refractivity contribution is -0.141. The second-order valence-electron chi connectivity index (χ2n) is 7.77. The van der Waals surface area contributed by atoms with Crippen LogP contribution >= 0.6 is 0 Å². The lowest BCUT2D eigenvalue weighted by atomic mass is 9.95. The van der Waals surface area contributed by atoms with Gasteiger partial charge in [0.2, 0.25) is 11.8 Å². The van der Waals surface area contributed by atoms with E-state index in [0.717, 1.165) is 51.9 Å². The Morgan fingerprint density at radius 3 is 2.54 bits per heavy atom. The highest BCUT2D eigenvalue weighted by atomic mass is 16.2. The van der Waals surface area contributed by atoms with Gasteiger partial charge in [-0.15, -0.1) is 0 Å². The van der Waals surface area contributed by atoms with Gasteiger partial charge in [-0.2, -0.15) is 0 Å². The third kappa shape index (κ3) is 4.64. The minimum Gasteiger partial charge on any atom is -0.342 e. The Morgan fingerprint density at radius 2 is 1.81 bits per heavy atom. The van der Waals surface area contributed by atoms with Crippen molar-refractivity contribution < 1.29 is 9.59 Å². The molecule has 0 spiro atoms. The summed E-state index contributed by atoms with van der Waals surface area (Å²) < 4.78 is 0. The standard InChI is InChI=1S/C21H31N3O2/c1-17(25)24-13-6-10-19(15-24)21(26)22(2)20-11-7-12-23(16-20)14-18-8-4-3-5-9-18/h3-5,8-9,19-20H,6-7,10-16H2,1-2H3. The van der Waals surface area contributed by atoms with Crippen molar-refractivity contribution in [3.8, 4) is 0 Å². The summed E-state index contributed by atoms with van der Waals surface area (Å²) in [5.41, 5.74) is 1.33. The Hall–Kier alpha value is -1.88. The molecule has 0 saturated carbocycles. The minimum absolute atomic E-state index is 0.0397. The summed E-state index contributed by atoms with van der Waals surface area (Å²) in [5.74, 6) is 0.251. The predicted molar refractivity (Wildman–Crippen MR) is 102 cm³/mol. The van der Waals surface area contributed by atoms with E-state index in [1.54, 1.807) is 6.92 Å². The number of likely N-dealkylation sites (N-methyl/N-ethyl adjacent to an activating group) is 1. The molecule has 0 N–H and O–H groups in total. The number of nitrogens with zero attached hydrogens (tertiary/aromatic N) is 3. The van der Waals surface area contributed by atoms with Gasteiger partial charge in [0.05, 0.1) is 5.92 Å². The van der Waals surface area contributed by atoms with Crippen LogP contribution in [0.1, 0.15) is 38.2 Å². The lowest BCUT2D eigenvalue weighted by Gasteiger charge is -2.40. The Labute approximate surface area is 156 Å². The Morgan fingerprint density at radius 1 is 1.08 bits per heavy atom. The number of carbonyl (C=O) groups is 2. The maximum absolute atomic E-state index is 13.0. The normalized spacial score (nSPS) is 24.3. The van der Waals surface area contributed by atoms with Crippen molar-refractivity contribution in [2.24, 2.45) is 5.92 Å². The topological polar surface area (TPSA) is 43.9 Å². The zero-order chi connectivity index (χ0) is 18.5. The van der Waals surface area contributed by atoms with Gasteiger partial charge in [0.25, 0.3) is 0 Å². The molecule has 0 aliphatic carbocycles. The van der Waals surface area contributed by atoms with Crippen molar-refractivity contribution >= 4 is 11.8 Å². The van der Waals surface area contributed by atoms with Crippen LogP contribution < -0.4 is 0 Å². The fourth-order valence-corrected chi connectivity index (χ4v) is 4.27. The third-order valence-electron chi connectivity index (χ3n) is 5.84. The molecule has 142 valence electrons. The molecular formula is C21H31N3O2. The zero-order valence-electron chi connectivity index (χ0n) is 16.1. The van der Waals surface area contributed by atoms with Crippen molar-refractivity contribution in [2.75, 3.05) is 33.2 Å². The van der Waals surface area contributed by atoms with Crippen molar-refractivity contribution in [2.45, 2.75) is 45.2 Å². The molecule has 2 amide bonds. The van der Waals surface area contributed by atoms with Gasteiger partial charge in [-0.1, -0.05) is 30.3 Å². The van der Waals surface area contributed by atoms with E-state index in [2.05, 4.69) is 29.2 Å². The first-order valence-corrected chi connectivity index (χ1v) is 9.83. The lowest BCUT2D eigenvalue weighted by Crippen LogP contribution is -2.52. The molecule has 0 aromatic heterocycles. The van der Waals surface area contributed by atoms with E-state index in [9.17, 15) is 9.59 Å². The van der Waals surface area contributed by atoms with Gasteiger partial charge < -0.3 is 9.80 Å². The van der Waals surface area contributed by atoms with E-state index >= 15 is 0 Å². The van der Waals surface area contributed by atoms with Crippen LogP contribution in [-0.2, 0) is 16.1 Å². The quantitative estimate of drug-likeness (QED) is 0.831. The molecule has 2 unspecified atom stereocenters. The summed E-state index contributed by atoms with van der Waals surface area (Å²) in [4.78, 5) is 30.9. The first-order chi connectivity index (χ1) is 12.5. The number of rotatable bonds is 4. The van der Waals surface area contributed by atoms with Gasteiger partial charge in [0.1, 0.15) is 0 Å². The third-order valence-corrected chi connectivity index (χ3v) is 5.84. The van der Waals surface area contributed by atoms with Crippen LogP contribution in [0.3, 0.4) is 0 Å². The van der Waals surface area contributed by atoms with E-state index in [0.29, 0.717) is 6.54 Å². The van der Waals surface area contributed by atoms with Crippen molar-refractivity contribution in [1.29, 1.82) is 0 Å². The summed E-state index contributed by atoms with van der Waals surface area (Å²) in [6, 6.07) is 10.8. The van der Waals surface area contributed by atoms with E-state index < -0.39 is 0 Å². The first kappa shape index (κ1) is 18.9. The molecule has 3 rings (SSSR count). The molecule has 2 heterocycles. The molecular weight excluding hydrogens is 326 g/mol. The summed E-state index contributed by atoms with van der Waals surface area (Å²) in [5, 5.41) is 0. The SMILES string of the molecule is CC(=O)N1CCCC(C(=O)N(C)C2CCCN(Cc3ccccc3)C2)C1. The molecule has 0 bridgehead atoms. The largest absolute Gasteiger partial charge is 0.342 e. The molecule has 2 saturated heterocycles. The summed E-state index contributed by atoms with van der Waals surface area (Å²) in [6.07, 6.45) is 4.01. The maximum Gasteiger partial charge on any atom is 0.227 e. The highest BCUT2D eigenvalue weighted by molar-refractivity contribution is 5.81. The highest BCUT2D eigenvalue weighted by Crippen LogP contribution is 2.23. The number of amides is 2. The molecule has 2 aliphatic heterocycles. The second-order valence-corrected chi connectivity index (χ2v) is 7.77. The summed E-state index contributed by atoms with van der Waals surface area (Å²) >= 11 is 0. The highest BCUT2D eigenvalue weighted by Gasteiger charge is 2.33. The van der Waals surface area contributed by atoms with Crippen LogP contribution in [-0.4, -0.2) is 65.8 Å². The van der Waals surface area contributed by atoms with Gasteiger partial charge in [-0.05, 0) is 37.8 Å². The van der Waals surface area contributed by atoms with Crippen molar-refractivity contribution in [3.05, 3.63) is 35.9 Å². The van der Waals surface area contributed by atoms with Crippen LogP contribution in [0.5, 0.6) is 0 Å². The van der Waals surface area contributed by atoms with Crippen LogP contribution in [0, 0.1) is 5.92 Å². The predicted octanol–water partition coefficient (Wildman–Crippen LogP) is 2.37. The number of benzene rings is 1. The number of hydrogen-bond acceptors (Lipinski definition) is 3. The van der Waals surface area contributed by atoms with Crippen molar-refractivity contribution in [1.82, 2.24) is 14.7 Å². The fraction of sp³-hybridized carbons (Fsp3) is 0.619. The average molecular weight is 357 g/mol. The molecule has 5 nitrogen and oxygen atoms in total. The van der Waals surface area contributed by atoms with E-state index in [1.807, 2.05) is 22.9 Å². The first-order valence-electron chi connectivity index (χ1n) is 9.83. The van der Waals surface area contributed by atoms with Crippen LogP contribution in [0.25, 0.3) is 0 Å². The molecule has 1 aromatic rings. The minimum atomic E-state index is -0.0397. The average Bonchev–Trinajstić information content (AvgIpc) is 2.68. The van der Waals surface area contributed by atoms with Gasteiger partial charge in [-0.3, -0.25) is 14.5 Å². The smallest absolute Gasteiger partial charge is 0.227 e. The second kappa shape index (κ2) is 8.67. The van der Waals surface area contributed by atoms with Crippen LogP contribution in [0.4, 0.5) is 0 Å². The van der Waals surface area contributed by atoms with Crippen molar-refractivity contribution in [3.63, 3.8) is 0 Å². The Bertz CT molecular complexity index is 619.